The van der Waals surface area contributed by atoms with E-state index in [1.165, 1.54) is 16.9 Å². The van der Waals surface area contributed by atoms with E-state index in [2.05, 4.69) is 16.2 Å². The number of anilines is 1. The van der Waals surface area contributed by atoms with Crippen molar-refractivity contribution in [2.45, 2.75) is 65.5 Å². The molecule has 1 saturated heterocycles. The molecule has 1 aliphatic rings. The van der Waals surface area contributed by atoms with Crippen LogP contribution >= 0.6 is 0 Å². The Labute approximate surface area is 215 Å². The quantitative estimate of drug-likeness (QED) is 0.299. The molecule has 0 saturated carbocycles. The Bertz CT molecular complexity index is 1240. The fourth-order valence-electron chi connectivity index (χ4n) is 3.79. The first-order valence-corrected chi connectivity index (χ1v) is 11.9. The lowest BCUT2D eigenvalue weighted by Crippen LogP contribution is -2.47. The number of nitrogen functional groups attached to an aromatic ring is 1. The molecule has 0 aliphatic carbocycles. The highest BCUT2D eigenvalue weighted by Gasteiger charge is 2.63. The Kier molecular flexibility index (Phi) is 8.12. The average molecular weight is 511 g/mol. The van der Waals surface area contributed by atoms with Crippen LogP contribution in [0.15, 0.2) is 12.4 Å². The van der Waals surface area contributed by atoms with Crippen LogP contribution in [0.1, 0.15) is 47.2 Å². The summed E-state index contributed by atoms with van der Waals surface area (Å²) in [5.41, 5.74) is 4.35. The number of nitriles is 1. The first kappa shape index (κ1) is 27.9. The molecule has 4 atom stereocenters. The van der Waals surface area contributed by atoms with Gasteiger partial charge in [-0.3, -0.25) is 14.4 Å². The van der Waals surface area contributed by atoms with Gasteiger partial charge in [0.05, 0.1) is 23.4 Å². The van der Waals surface area contributed by atoms with Crippen molar-refractivity contribution < 1.29 is 33.3 Å². The Hall–Kier alpha value is -3.66. The first-order chi connectivity index (χ1) is 17.3. The SMILES string of the molecule is [B]c1cc([C@]2(C#N)O[C@H](COC(=O)C(C)C)[C@@H](OC(=O)C(C)C)[C@H]2OC(=O)C(C)C)n2ncnc(N)c12. The lowest BCUT2D eigenvalue weighted by atomic mass is 9.89. The maximum Gasteiger partial charge on any atom is 0.308 e. The second-order valence-corrected chi connectivity index (χ2v) is 9.75. The third-order valence-corrected chi connectivity index (χ3v) is 5.86. The summed E-state index contributed by atoms with van der Waals surface area (Å²) in [5.74, 6) is -3.34. The van der Waals surface area contributed by atoms with Crippen LogP contribution in [0.4, 0.5) is 5.82 Å². The van der Waals surface area contributed by atoms with Crippen molar-refractivity contribution in [2.75, 3.05) is 12.3 Å². The molecule has 0 aromatic carbocycles. The van der Waals surface area contributed by atoms with Crippen molar-refractivity contribution in [1.29, 1.82) is 5.26 Å². The van der Waals surface area contributed by atoms with Gasteiger partial charge in [-0.1, -0.05) is 47.0 Å². The minimum atomic E-state index is -2.07. The molecule has 1 fully saturated rings. The normalized spacial score (nSPS) is 23.4. The molecule has 3 heterocycles. The summed E-state index contributed by atoms with van der Waals surface area (Å²) in [6, 6.07) is 3.48. The van der Waals surface area contributed by atoms with Crippen LogP contribution in [0.2, 0.25) is 0 Å². The van der Waals surface area contributed by atoms with E-state index in [0.717, 1.165) is 0 Å². The van der Waals surface area contributed by atoms with Gasteiger partial charge in [0.2, 0.25) is 5.60 Å². The van der Waals surface area contributed by atoms with Gasteiger partial charge < -0.3 is 24.7 Å². The highest BCUT2D eigenvalue weighted by atomic mass is 16.7. The van der Waals surface area contributed by atoms with E-state index in [1.54, 1.807) is 41.5 Å². The summed E-state index contributed by atoms with van der Waals surface area (Å²) in [4.78, 5) is 41.6. The summed E-state index contributed by atoms with van der Waals surface area (Å²) in [6.07, 6.45) is -2.77. The van der Waals surface area contributed by atoms with Gasteiger partial charge in [0.25, 0.3) is 0 Å². The standard InChI is InChI=1S/C24H30BN5O7/c1-11(2)21(31)34-8-15-18(35-22(32)12(3)4)19(36-23(33)13(5)6)24(9-26,37-15)16-7-14(25)17-20(27)28-10-29-30(16)17/h7,10-13,15,18-19H,8H2,1-6H3,(H2,27,28,29)/t15-,18-,19-,24+/m1/s1. The van der Waals surface area contributed by atoms with Gasteiger partial charge in [0.15, 0.2) is 18.0 Å². The molecular formula is C24H30BN5O7. The minimum Gasteiger partial charge on any atom is -0.463 e. The van der Waals surface area contributed by atoms with Crippen LogP contribution in [-0.2, 0) is 38.9 Å². The molecule has 196 valence electrons. The zero-order valence-electron chi connectivity index (χ0n) is 21.6. The average Bonchev–Trinajstić information content (AvgIpc) is 3.33. The van der Waals surface area contributed by atoms with Gasteiger partial charge in [-0.15, -0.1) is 0 Å². The molecule has 0 spiro atoms. The maximum absolute atomic E-state index is 12.8. The smallest absolute Gasteiger partial charge is 0.308 e. The second kappa shape index (κ2) is 10.8. The van der Waals surface area contributed by atoms with Crippen LogP contribution in [-0.4, -0.2) is 65.3 Å². The number of esters is 3. The van der Waals surface area contributed by atoms with Crippen LogP contribution in [0.3, 0.4) is 0 Å². The Balaban J connectivity index is 2.20. The fourth-order valence-corrected chi connectivity index (χ4v) is 3.79. The predicted octanol–water partition coefficient (Wildman–Crippen LogP) is 0.558. The molecular weight excluding hydrogens is 481 g/mol. The summed E-state index contributed by atoms with van der Waals surface area (Å²) < 4.78 is 24.3. The van der Waals surface area contributed by atoms with E-state index >= 15 is 0 Å². The molecule has 13 heteroatoms. The van der Waals surface area contributed by atoms with Gasteiger partial charge in [-0.25, -0.2) is 9.50 Å². The van der Waals surface area contributed by atoms with Crippen molar-refractivity contribution in [3.63, 3.8) is 0 Å². The number of hydrogen-bond donors (Lipinski definition) is 1. The first-order valence-electron chi connectivity index (χ1n) is 11.9. The molecule has 0 amide bonds. The molecule has 2 N–H and O–H groups in total. The van der Waals surface area contributed by atoms with Gasteiger partial charge in [0, 0.05) is 0 Å². The molecule has 2 aromatic heterocycles. The van der Waals surface area contributed by atoms with Crippen molar-refractivity contribution in [3.05, 3.63) is 18.1 Å². The number of nitrogens with zero attached hydrogens (tertiary/aromatic N) is 4. The third kappa shape index (κ3) is 5.25. The van der Waals surface area contributed by atoms with Crippen molar-refractivity contribution in [1.82, 2.24) is 14.6 Å². The van der Waals surface area contributed by atoms with E-state index in [-0.39, 0.29) is 29.1 Å². The van der Waals surface area contributed by atoms with E-state index in [1.807, 2.05) is 0 Å². The van der Waals surface area contributed by atoms with E-state index in [9.17, 15) is 19.6 Å². The molecule has 0 unspecified atom stereocenters. The molecule has 2 radical (unpaired) electrons. The maximum atomic E-state index is 12.8. The zero-order valence-corrected chi connectivity index (χ0v) is 21.6. The third-order valence-electron chi connectivity index (χ3n) is 5.86. The van der Waals surface area contributed by atoms with Crippen LogP contribution in [0, 0.1) is 29.1 Å². The number of carbonyl (C=O) groups is 3. The van der Waals surface area contributed by atoms with E-state index in [0.29, 0.717) is 0 Å². The predicted molar refractivity (Wildman–Crippen MR) is 130 cm³/mol. The topological polar surface area (TPSA) is 168 Å². The van der Waals surface area contributed by atoms with Gasteiger partial charge in [-0.05, 0) is 6.07 Å². The minimum absolute atomic E-state index is 0.0470. The number of carbonyl (C=O) groups excluding carboxylic acids is 3. The largest absolute Gasteiger partial charge is 0.463 e. The summed E-state index contributed by atoms with van der Waals surface area (Å²) >= 11 is 0. The van der Waals surface area contributed by atoms with Crippen molar-refractivity contribution >= 4 is 42.6 Å². The number of nitrogens with two attached hydrogens (primary N) is 1. The monoisotopic (exact) mass is 511 g/mol. The summed E-state index contributed by atoms with van der Waals surface area (Å²) in [5, 5.41) is 14.7. The molecule has 1 aliphatic heterocycles. The van der Waals surface area contributed by atoms with E-state index in [4.69, 9.17) is 32.5 Å². The van der Waals surface area contributed by atoms with Crippen LogP contribution in [0.25, 0.3) is 5.52 Å². The number of fused-ring (bicyclic) bond motifs is 1. The summed E-state index contributed by atoms with van der Waals surface area (Å²) in [6.45, 7) is 9.41. The highest BCUT2D eigenvalue weighted by Crippen LogP contribution is 2.43. The zero-order chi connectivity index (χ0) is 27.7. The van der Waals surface area contributed by atoms with Crippen molar-refractivity contribution in [2.24, 2.45) is 17.8 Å². The van der Waals surface area contributed by atoms with Gasteiger partial charge >= 0.3 is 17.9 Å². The lowest BCUT2D eigenvalue weighted by Gasteiger charge is -2.29. The number of rotatable bonds is 8. The van der Waals surface area contributed by atoms with Crippen LogP contribution < -0.4 is 11.2 Å². The summed E-state index contributed by atoms with van der Waals surface area (Å²) in [7, 11) is 6.17. The van der Waals surface area contributed by atoms with E-state index < -0.39 is 59.6 Å². The highest BCUT2D eigenvalue weighted by molar-refractivity contribution is 6.37. The Morgan fingerprint density at radius 3 is 2.30 bits per heavy atom. The fraction of sp³-hybridized carbons (Fsp3) is 0.583. The molecule has 0 bridgehead atoms. The van der Waals surface area contributed by atoms with Crippen molar-refractivity contribution in [3.8, 4) is 6.07 Å². The molecule has 37 heavy (non-hydrogen) atoms. The number of ether oxygens (including phenoxy) is 4. The number of hydrogen-bond acceptors (Lipinski definition) is 11. The van der Waals surface area contributed by atoms with Gasteiger partial charge in [-0.2, -0.15) is 10.4 Å². The molecule has 2 aromatic rings. The van der Waals surface area contributed by atoms with Crippen LogP contribution in [0.5, 0.6) is 0 Å². The second-order valence-electron chi connectivity index (χ2n) is 9.75. The Morgan fingerprint density at radius 2 is 1.73 bits per heavy atom. The Morgan fingerprint density at radius 1 is 1.14 bits per heavy atom. The number of aromatic nitrogens is 3. The lowest BCUT2D eigenvalue weighted by molar-refractivity contribution is -0.174. The molecule has 12 nitrogen and oxygen atoms in total. The van der Waals surface area contributed by atoms with Gasteiger partial charge in [0.1, 0.15) is 38.5 Å². The molecule has 3 rings (SSSR count).